The highest BCUT2D eigenvalue weighted by molar-refractivity contribution is 9.11. The number of carbonyl (C=O) groups excluding carboxylic acids is 3. The molecule has 0 aliphatic carbocycles. The fourth-order valence-electron chi connectivity index (χ4n) is 4.30. The SMILES string of the molecule is Cc1cc(N2CC(NC(=O)Oc3ccc(Br)s3)CC2=O)ccc1C(=O)N1CCCCC1C. The highest BCUT2D eigenvalue weighted by Crippen LogP contribution is 2.29. The Morgan fingerprint density at radius 2 is 2.03 bits per heavy atom. The number of rotatable bonds is 4. The summed E-state index contributed by atoms with van der Waals surface area (Å²) in [5.74, 6) is -0.0196. The van der Waals surface area contributed by atoms with E-state index < -0.39 is 6.09 Å². The Bertz CT molecular complexity index is 1040. The second kappa shape index (κ2) is 9.62. The van der Waals surface area contributed by atoms with Crippen LogP contribution >= 0.6 is 27.3 Å². The topological polar surface area (TPSA) is 79.0 Å². The van der Waals surface area contributed by atoms with Gasteiger partial charge in [0.25, 0.3) is 5.91 Å². The molecule has 1 aromatic heterocycles. The van der Waals surface area contributed by atoms with Crippen LogP contribution in [0.4, 0.5) is 10.5 Å². The summed E-state index contributed by atoms with van der Waals surface area (Å²) in [5, 5.41) is 3.25. The van der Waals surface area contributed by atoms with Crippen LogP contribution in [0.5, 0.6) is 5.06 Å². The van der Waals surface area contributed by atoms with E-state index in [1.54, 1.807) is 17.0 Å². The smallest absolute Gasteiger partial charge is 0.399 e. The van der Waals surface area contributed by atoms with Crippen molar-refractivity contribution in [3.63, 3.8) is 0 Å². The molecule has 7 nitrogen and oxygen atoms in total. The highest BCUT2D eigenvalue weighted by atomic mass is 79.9. The number of benzene rings is 1. The maximum Gasteiger partial charge on any atom is 0.413 e. The molecule has 9 heteroatoms. The monoisotopic (exact) mass is 519 g/mol. The maximum absolute atomic E-state index is 13.0. The molecule has 0 saturated carbocycles. The number of anilines is 1. The predicted octanol–water partition coefficient (Wildman–Crippen LogP) is 4.73. The van der Waals surface area contributed by atoms with Crippen LogP contribution in [-0.2, 0) is 4.79 Å². The number of ether oxygens (including phenoxy) is 1. The van der Waals surface area contributed by atoms with Gasteiger partial charge in [0.05, 0.1) is 9.83 Å². The number of likely N-dealkylation sites (tertiary alicyclic amines) is 1. The minimum Gasteiger partial charge on any atom is -0.399 e. The standard InChI is InChI=1S/C23H26BrN3O4S/c1-14-11-17(6-7-18(14)22(29)26-10-4-3-5-15(26)2)27-13-16(12-20(27)28)25-23(30)31-21-9-8-19(24)32-21/h6-9,11,15-16H,3-5,10,12-13H2,1-2H3,(H,25,30). The van der Waals surface area contributed by atoms with Crippen molar-refractivity contribution < 1.29 is 19.1 Å². The molecular formula is C23H26BrN3O4S. The van der Waals surface area contributed by atoms with Gasteiger partial charge in [0.1, 0.15) is 0 Å². The molecule has 2 aliphatic rings. The van der Waals surface area contributed by atoms with Crippen molar-refractivity contribution in [3.05, 3.63) is 45.2 Å². The summed E-state index contributed by atoms with van der Waals surface area (Å²) in [6.07, 6.45) is 2.86. The summed E-state index contributed by atoms with van der Waals surface area (Å²) in [6, 6.07) is 8.92. The lowest BCUT2D eigenvalue weighted by Crippen LogP contribution is -2.42. The Morgan fingerprint density at radius 3 is 2.72 bits per heavy atom. The Balaban J connectivity index is 1.40. The molecule has 0 spiro atoms. The fourth-order valence-corrected chi connectivity index (χ4v) is 5.50. The average molecular weight is 520 g/mol. The van der Waals surface area contributed by atoms with Crippen LogP contribution in [0.15, 0.2) is 34.1 Å². The van der Waals surface area contributed by atoms with E-state index in [2.05, 4.69) is 28.2 Å². The lowest BCUT2D eigenvalue weighted by Gasteiger charge is -2.34. The van der Waals surface area contributed by atoms with Crippen molar-refractivity contribution in [1.29, 1.82) is 0 Å². The van der Waals surface area contributed by atoms with E-state index in [-0.39, 0.29) is 30.3 Å². The van der Waals surface area contributed by atoms with Crippen LogP contribution in [0.2, 0.25) is 0 Å². The maximum atomic E-state index is 13.0. The van der Waals surface area contributed by atoms with Gasteiger partial charge < -0.3 is 19.9 Å². The number of aryl methyl sites for hydroxylation is 1. The molecule has 170 valence electrons. The minimum absolute atomic E-state index is 0.0523. The first-order chi connectivity index (χ1) is 15.3. The van der Waals surface area contributed by atoms with Gasteiger partial charge >= 0.3 is 6.09 Å². The molecule has 2 atom stereocenters. The normalized spacial score (nSPS) is 21.0. The molecule has 2 aliphatic heterocycles. The van der Waals surface area contributed by atoms with E-state index in [0.29, 0.717) is 17.2 Å². The third-order valence-electron chi connectivity index (χ3n) is 6.00. The Morgan fingerprint density at radius 1 is 1.22 bits per heavy atom. The van der Waals surface area contributed by atoms with Gasteiger partial charge in [-0.2, -0.15) is 0 Å². The van der Waals surface area contributed by atoms with Gasteiger partial charge in [-0.05, 0) is 84.9 Å². The van der Waals surface area contributed by atoms with Gasteiger partial charge in [-0.15, -0.1) is 0 Å². The summed E-state index contributed by atoms with van der Waals surface area (Å²) in [4.78, 5) is 41.4. The first-order valence-corrected chi connectivity index (χ1v) is 12.4. The second-order valence-electron chi connectivity index (χ2n) is 8.34. The molecule has 2 unspecified atom stereocenters. The van der Waals surface area contributed by atoms with Gasteiger partial charge in [0.2, 0.25) is 5.91 Å². The van der Waals surface area contributed by atoms with E-state index in [0.717, 1.165) is 40.8 Å². The van der Waals surface area contributed by atoms with Gasteiger partial charge in [0.15, 0.2) is 5.06 Å². The molecule has 1 N–H and O–H groups in total. The van der Waals surface area contributed by atoms with Crippen LogP contribution < -0.4 is 15.0 Å². The number of carbonyl (C=O) groups is 3. The second-order valence-corrected chi connectivity index (χ2v) is 10.8. The molecule has 3 amide bonds. The van der Waals surface area contributed by atoms with Crippen LogP contribution in [0, 0.1) is 6.92 Å². The molecule has 0 radical (unpaired) electrons. The summed E-state index contributed by atoms with van der Waals surface area (Å²) >= 11 is 4.64. The van der Waals surface area contributed by atoms with Crippen LogP contribution in [0.1, 0.15) is 48.5 Å². The molecule has 4 rings (SSSR count). The molecular weight excluding hydrogens is 494 g/mol. The van der Waals surface area contributed by atoms with Gasteiger partial charge in [0, 0.05) is 36.8 Å². The van der Waals surface area contributed by atoms with Crippen molar-refractivity contribution in [2.24, 2.45) is 0 Å². The number of nitrogens with zero attached hydrogens (tertiary/aromatic N) is 2. The number of hydrogen-bond acceptors (Lipinski definition) is 5. The van der Waals surface area contributed by atoms with E-state index in [4.69, 9.17) is 4.74 Å². The van der Waals surface area contributed by atoms with E-state index in [1.807, 2.05) is 30.0 Å². The van der Waals surface area contributed by atoms with Gasteiger partial charge in [-0.1, -0.05) is 11.3 Å². The van der Waals surface area contributed by atoms with Crippen molar-refractivity contribution in [2.45, 2.75) is 51.6 Å². The van der Waals surface area contributed by atoms with Gasteiger partial charge in [-0.3, -0.25) is 9.59 Å². The van der Waals surface area contributed by atoms with Crippen molar-refractivity contribution in [2.75, 3.05) is 18.0 Å². The number of thiophene rings is 1. The lowest BCUT2D eigenvalue weighted by molar-refractivity contribution is -0.117. The quantitative estimate of drug-likeness (QED) is 0.633. The predicted molar refractivity (Wildman–Crippen MR) is 127 cm³/mol. The fraction of sp³-hybridized carbons (Fsp3) is 0.435. The average Bonchev–Trinajstić information content (AvgIpc) is 3.32. The van der Waals surface area contributed by atoms with Crippen LogP contribution in [0.25, 0.3) is 0 Å². The van der Waals surface area contributed by atoms with Crippen molar-refractivity contribution in [1.82, 2.24) is 10.2 Å². The number of hydrogen-bond donors (Lipinski definition) is 1. The molecule has 1 aromatic carbocycles. The van der Waals surface area contributed by atoms with Gasteiger partial charge in [-0.25, -0.2) is 4.79 Å². The molecule has 2 fully saturated rings. The summed E-state index contributed by atoms with van der Waals surface area (Å²) in [7, 11) is 0. The first kappa shape index (κ1) is 22.8. The van der Waals surface area contributed by atoms with E-state index in [1.165, 1.54) is 11.3 Å². The molecule has 3 heterocycles. The Hall–Kier alpha value is -2.39. The van der Waals surface area contributed by atoms with Crippen LogP contribution in [-0.4, -0.2) is 48.0 Å². The number of nitrogens with one attached hydrogen (secondary N) is 1. The number of halogens is 1. The van der Waals surface area contributed by atoms with E-state index >= 15 is 0 Å². The zero-order chi connectivity index (χ0) is 22.8. The van der Waals surface area contributed by atoms with E-state index in [9.17, 15) is 14.4 Å². The van der Waals surface area contributed by atoms with Crippen molar-refractivity contribution >= 4 is 50.9 Å². The molecule has 32 heavy (non-hydrogen) atoms. The Labute approximate surface area is 199 Å². The van der Waals surface area contributed by atoms with Crippen LogP contribution in [0.3, 0.4) is 0 Å². The summed E-state index contributed by atoms with van der Waals surface area (Å²) < 4.78 is 6.14. The third kappa shape index (κ3) is 4.99. The summed E-state index contributed by atoms with van der Waals surface area (Å²) in [6.45, 7) is 5.15. The lowest BCUT2D eigenvalue weighted by atomic mass is 10.00. The minimum atomic E-state index is -0.577. The first-order valence-electron chi connectivity index (χ1n) is 10.8. The Kier molecular flexibility index (Phi) is 6.85. The number of amides is 3. The largest absolute Gasteiger partial charge is 0.413 e. The number of piperidine rings is 1. The zero-order valence-corrected chi connectivity index (χ0v) is 20.5. The molecule has 2 aromatic rings. The highest BCUT2D eigenvalue weighted by Gasteiger charge is 2.33. The molecule has 2 saturated heterocycles. The third-order valence-corrected chi connectivity index (χ3v) is 7.51. The zero-order valence-electron chi connectivity index (χ0n) is 18.1. The summed E-state index contributed by atoms with van der Waals surface area (Å²) in [5.41, 5.74) is 2.25. The molecule has 0 bridgehead atoms. The van der Waals surface area contributed by atoms with Crippen molar-refractivity contribution in [3.8, 4) is 5.06 Å².